The lowest BCUT2D eigenvalue weighted by Gasteiger charge is -2.59. The monoisotopic (exact) mass is 495 g/mol. The maximum absolute atomic E-state index is 3.87. The SMILES string of the molecule is c1ccc(-c2ccc3c(c2)C24c5ccccc5C(c5ccccc5)(c5ccccc52)c2cccc(c24)N3)cc1. The van der Waals surface area contributed by atoms with Crippen LogP contribution < -0.4 is 5.32 Å². The lowest BCUT2D eigenvalue weighted by Crippen LogP contribution is -2.53. The maximum Gasteiger partial charge on any atom is 0.0751 e. The summed E-state index contributed by atoms with van der Waals surface area (Å²) in [6, 6.07) is 54.1. The van der Waals surface area contributed by atoms with E-state index in [1.807, 2.05) is 0 Å². The standard InChI is InChI=1S/C38H25N/c1-3-12-25(13-4-1)26-22-23-34-33(24-26)38-30-18-9-7-16-28(30)37(27-14-5-2-6-15-27,29-17-8-10-19-31(29)38)32-20-11-21-35(39-34)36(32)38/h1-24,39H. The van der Waals surface area contributed by atoms with E-state index in [1.165, 1.54) is 67.0 Å². The minimum Gasteiger partial charge on any atom is -0.355 e. The minimum atomic E-state index is -0.402. The van der Waals surface area contributed by atoms with E-state index in [9.17, 15) is 0 Å². The predicted octanol–water partition coefficient (Wildman–Crippen LogP) is 8.80. The van der Waals surface area contributed by atoms with Gasteiger partial charge in [0.1, 0.15) is 0 Å². The van der Waals surface area contributed by atoms with Crippen LogP contribution in [0.15, 0.2) is 146 Å². The van der Waals surface area contributed by atoms with Gasteiger partial charge in [-0.25, -0.2) is 0 Å². The van der Waals surface area contributed by atoms with Crippen molar-refractivity contribution in [2.75, 3.05) is 5.32 Å². The normalized spacial score (nSPS) is 20.7. The zero-order valence-corrected chi connectivity index (χ0v) is 21.4. The van der Waals surface area contributed by atoms with Crippen molar-refractivity contribution >= 4 is 11.4 Å². The number of fused-ring (bicyclic) bond motifs is 1. The van der Waals surface area contributed by atoms with Crippen LogP contribution in [0.5, 0.6) is 0 Å². The van der Waals surface area contributed by atoms with Crippen LogP contribution in [0.4, 0.5) is 11.4 Å². The van der Waals surface area contributed by atoms with Crippen molar-refractivity contribution in [3.8, 4) is 11.1 Å². The van der Waals surface area contributed by atoms with Gasteiger partial charge in [0.15, 0.2) is 0 Å². The second-order valence-corrected chi connectivity index (χ2v) is 10.9. The first-order valence-electron chi connectivity index (χ1n) is 13.7. The first-order valence-corrected chi connectivity index (χ1v) is 13.7. The second kappa shape index (κ2) is 7.36. The zero-order valence-electron chi connectivity index (χ0n) is 21.4. The van der Waals surface area contributed by atoms with Crippen LogP contribution in [0, 0.1) is 0 Å². The van der Waals surface area contributed by atoms with Crippen LogP contribution in [0.25, 0.3) is 11.1 Å². The molecule has 1 N–H and O–H groups in total. The van der Waals surface area contributed by atoms with Crippen molar-refractivity contribution in [2.45, 2.75) is 10.8 Å². The van der Waals surface area contributed by atoms with Gasteiger partial charge in [-0.15, -0.1) is 0 Å². The molecule has 10 rings (SSSR count). The summed E-state index contributed by atoms with van der Waals surface area (Å²) in [6.45, 7) is 0. The highest BCUT2D eigenvalue weighted by Gasteiger charge is 2.62. The Kier molecular flexibility index (Phi) is 3.98. The van der Waals surface area contributed by atoms with Gasteiger partial charge in [-0.3, -0.25) is 0 Å². The highest BCUT2D eigenvalue weighted by molar-refractivity contribution is 5.92. The molecular weight excluding hydrogens is 470 g/mol. The number of rotatable bonds is 2. The summed E-state index contributed by atoms with van der Waals surface area (Å²) >= 11 is 0. The molecule has 1 nitrogen and oxygen atoms in total. The van der Waals surface area contributed by atoms with Crippen LogP contribution >= 0.6 is 0 Å². The number of anilines is 2. The number of hydrogen-bond donors (Lipinski definition) is 1. The van der Waals surface area contributed by atoms with Crippen LogP contribution in [0.1, 0.15) is 44.5 Å². The van der Waals surface area contributed by atoms with Gasteiger partial charge in [0.25, 0.3) is 0 Å². The molecule has 6 aromatic carbocycles. The molecular formula is C38H25N. The van der Waals surface area contributed by atoms with Crippen molar-refractivity contribution in [3.05, 3.63) is 190 Å². The first-order chi connectivity index (χ1) is 19.3. The van der Waals surface area contributed by atoms with E-state index >= 15 is 0 Å². The Morgan fingerprint density at radius 2 is 0.923 bits per heavy atom. The summed E-state index contributed by atoms with van der Waals surface area (Å²) in [7, 11) is 0. The molecule has 0 radical (unpaired) electrons. The van der Waals surface area contributed by atoms with E-state index in [2.05, 4.69) is 151 Å². The maximum atomic E-state index is 3.87. The number of hydrogen-bond acceptors (Lipinski definition) is 1. The third-order valence-corrected chi connectivity index (χ3v) is 9.32. The van der Waals surface area contributed by atoms with Crippen molar-refractivity contribution < 1.29 is 0 Å². The lowest BCUT2D eigenvalue weighted by atomic mass is 9.43. The van der Waals surface area contributed by atoms with Gasteiger partial charge in [0.05, 0.1) is 10.8 Å². The van der Waals surface area contributed by atoms with Crippen LogP contribution in [0.3, 0.4) is 0 Å². The first kappa shape index (κ1) is 21.1. The van der Waals surface area contributed by atoms with Gasteiger partial charge in [0, 0.05) is 11.4 Å². The summed E-state index contributed by atoms with van der Waals surface area (Å²) < 4.78 is 0. The molecule has 0 unspecified atom stereocenters. The third-order valence-electron chi connectivity index (χ3n) is 9.32. The largest absolute Gasteiger partial charge is 0.355 e. The van der Waals surface area contributed by atoms with E-state index in [0.29, 0.717) is 0 Å². The van der Waals surface area contributed by atoms with Crippen molar-refractivity contribution in [3.63, 3.8) is 0 Å². The average Bonchev–Trinajstić information content (AvgIpc) is 3.02. The summed E-state index contributed by atoms with van der Waals surface area (Å²) in [5, 5.41) is 3.87. The van der Waals surface area contributed by atoms with Crippen LogP contribution in [0.2, 0.25) is 0 Å². The molecule has 0 saturated carbocycles. The van der Waals surface area contributed by atoms with Gasteiger partial charge >= 0.3 is 0 Å². The van der Waals surface area contributed by atoms with E-state index in [1.54, 1.807) is 0 Å². The quantitative estimate of drug-likeness (QED) is 0.253. The molecule has 2 bridgehead atoms. The molecule has 0 aromatic heterocycles. The van der Waals surface area contributed by atoms with E-state index in [4.69, 9.17) is 0 Å². The lowest BCUT2D eigenvalue weighted by molar-refractivity contribution is 0.556. The molecule has 1 heterocycles. The van der Waals surface area contributed by atoms with Gasteiger partial charge in [-0.1, -0.05) is 127 Å². The molecule has 6 aromatic rings. The average molecular weight is 496 g/mol. The van der Waals surface area contributed by atoms with Crippen molar-refractivity contribution in [2.24, 2.45) is 0 Å². The smallest absolute Gasteiger partial charge is 0.0751 e. The Bertz CT molecular complexity index is 1890. The van der Waals surface area contributed by atoms with Gasteiger partial charge in [0.2, 0.25) is 0 Å². The van der Waals surface area contributed by atoms with Crippen molar-refractivity contribution in [1.82, 2.24) is 0 Å². The molecule has 182 valence electrons. The van der Waals surface area contributed by atoms with Gasteiger partial charge < -0.3 is 5.32 Å². The summed E-state index contributed by atoms with van der Waals surface area (Å²) in [6.07, 6.45) is 0. The zero-order chi connectivity index (χ0) is 25.6. The molecule has 0 fully saturated rings. The Labute approximate surface area is 228 Å². The fourth-order valence-corrected chi connectivity index (χ4v) is 8.00. The predicted molar refractivity (Wildman–Crippen MR) is 159 cm³/mol. The Morgan fingerprint density at radius 3 is 1.59 bits per heavy atom. The summed E-state index contributed by atoms with van der Waals surface area (Å²) in [5.74, 6) is 0. The fraction of sp³-hybridized carbons (Fsp3) is 0.0526. The second-order valence-electron chi connectivity index (χ2n) is 10.9. The molecule has 1 spiro atoms. The van der Waals surface area contributed by atoms with Crippen molar-refractivity contribution in [1.29, 1.82) is 0 Å². The highest BCUT2D eigenvalue weighted by atomic mass is 14.9. The fourth-order valence-electron chi connectivity index (χ4n) is 8.00. The minimum absolute atomic E-state index is 0.377. The molecule has 1 aliphatic heterocycles. The van der Waals surface area contributed by atoms with E-state index < -0.39 is 5.41 Å². The van der Waals surface area contributed by atoms with Gasteiger partial charge in [-0.2, -0.15) is 0 Å². The Hall–Kier alpha value is -4.88. The molecule has 0 amide bonds. The number of nitrogens with one attached hydrogen (secondary N) is 1. The topological polar surface area (TPSA) is 12.0 Å². The van der Waals surface area contributed by atoms with E-state index in [-0.39, 0.29) is 5.41 Å². The summed E-state index contributed by atoms with van der Waals surface area (Å²) in [4.78, 5) is 0. The summed E-state index contributed by atoms with van der Waals surface area (Å²) in [5.41, 5.74) is 15.1. The molecule has 39 heavy (non-hydrogen) atoms. The highest BCUT2D eigenvalue weighted by Crippen LogP contribution is 2.69. The molecule has 4 aliphatic rings. The molecule has 3 aliphatic carbocycles. The van der Waals surface area contributed by atoms with E-state index in [0.717, 1.165) is 0 Å². The third kappa shape index (κ3) is 2.38. The molecule has 1 heteroatoms. The number of benzene rings is 6. The van der Waals surface area contributed by atoms with Crippen LogP contribution in [-0.2, 0) is 10.8 Å². The Balaban J connectivity index is 1.50. The van der Waals surface area contributed by atoms with Crippen LogP contribution in [-0.4, -0.2) is 0 Å². The van der Waals surface area contributed by atoms with Gasteiger partial charge in [-0.05, 0) is 73.8 Å². The molecule has 0 saturated heterocycles. The Morgan fingerprint density at radius 1 is 0.359 bits per heavy atom. The molecule has 0 atom stereocenters.